The van der Waals surface area contributed by atoms with Crippen LogP contribution in [0.5, 0.6) is 0 Å². The van der Waals surface area contributed by atoms with Crippen molar-refractivity contribution in [1.82, 2.24) is 24.7 Å². The molecule has 2 aromatic heterocycles. The molecule has 0 spiro atoms. The third kappa shape index (κ3) is 2.77. The summed E-state index contributed by atoms with van der Waals surface area (Å²) in [6.07, 6.45) is 0. The van der Waals surface area contributed by atoms with E-state index in [4.69, 9.17) is 0 Å². The highest BCUT2D eigenvalue weighted by atomic mass is 16.2. The maximum Gasteiger partial charge on any atom is 0.341 e. The smallest absolute Gasteiger partial charge is 0.303 e. The zero-order chi connectivity index (χ0) is 18.1. The lowest BCUT2D eigenvalue weighted by Gasteiger charge is -2.18. The lowest BCUT2D eigenvalue weighted by Crippen LogP contribution is -2.19. The number of nitrogens with zero attached hydrogens (tertiary/aromatic N) is 3. The number of nitrogens with one attached hydrogen (secondary N) is 3. The van der Waals surface area contributed by atoms with E-state index in [1.165, 1.54) is 0 Å². The molecule has 0 aliphatic heterocycles. The van der Waals surface area contributed by atoms with Gasteiger partial charge in [-0.15, -0.1) is 5.10 Å². The minimum atomic E-state index is -0.542. The first kappa shape index (κ1) is 15.8. The van der Waals surface area contributed by atoms with Gasteiger partial charge in [-0.1, -0.05) is 42.5 Å². The fourth-order valence-corrected chi connectivity index (χ4v) is 2.94. The SMILES string of the molecule is C[C@H](c1ccccc1)n1c(NC(=O)c2n[nH]c(=O)[nH]2)nc2ccccc21. The van der Waals surface area contributed by atoms with Crippen LogP contribution in [0.4, 0.5) is 5.95 Å². The second kappa shape index (κ2) is 6.32. The van der Waals surface area contributed by atoms with Crippen molar-refractivity contribution < 1.29 is 4.79 Å². The van der Waals surface area contributed by atoms with E-state index >= 15 is 0 Å². The Morgan fingerprint density at radius 3 is 2.58 bits per heavy atom. The molecule has 2 heterocycles. The second-order valence-electron chi connectivity index (χ2n) is 5.86. The van der Waals surface area contributed by atoms with Crippen LogP contribution < -0.4 is 11.0 Å². The van der Waals surface area contributed by atoms with E-state index in [-0.39, 0.29) is 11.9 Å². The van der Waals surface area contributed by atoms with Gasteiger partial charge in [0.2, 0.25) is 11.8 Å². The maximum absolute atomic E-state index is 12.4. The summed E-state index contributed by atoms with van der Waals surface area (Å²) in [4.78, 5) is 30.4. The van der Waals surface area contributed by atoms with Crippen LogP contribution in [-0.2, 0) is 0 Å². The lowest BCUT2D eigenvalue weighted by atomic mass is 10.1. The number of aromatic amines is 2. The topological polar surface area (TPSA) is 108 Å². The molecule has 1 amide bonds. The second-order valence-corrected chi connectivity index (χ2v) is 5.86. The summed E-state index contributed by atoms with van der Waals surface area (Å²) in [5, 5.41) is 8.57. The number of fused-ring (bicyclic) bond motifs is 1. The Bertz CT molecular complexity index is 1130. The summed E-state index contributed by atoms with van der Waals surface area (Å²) in [6.45, 7) is 2.04. The Kier molecular flexibility index (Phi) is 3.85. The molecule has 130 valence electrons. The van der Waals surface area contributed by atoms with Gasteiger partial charge >= 0.3 is 5.69 Å². The lowest BCUT2D eigenvalue weighted by molar-refractivity contribution is 0.101. The van der Waals surface area contributed by atoms with Crippen LogP contribution in [0.1, 0.15) is 29.1 Å². The van der Waals surface area contributed by atoms with E-state index in [9.17, 15) is 9.59 Å². The Morgan fingerprint density at radius 2 is 1.85 bits per heavy atom. The van der Waals surface area contributed by atoms with Gasteiger partial charge in [0.1, 0.15) is 0 Å². The van der Waals surface area contributed by atoms with Crippen molar-refractivity contribution in [3.8, 4) is 0 Å². The van der Waals surface area contributed by atoms with Crippen LogP contribution in [0, 0.1) is 0 Å². The van der Waals surface area contributed by atoms with Crippen molar-refractivity contribution in [1.29, 1.82) is 0 Å². The van der Waals surface area contributed by atoms with E-state index in [0.29, 0.717) is 5.95 Å². The summed E-state index contributed by atoms with van der Waals surface area (Å²) in [6, 6.07) is 17.5. The normalized spacial score (nSPS) is 12.2. The monoisotopic (exact) mass is 348 g/mol. The molecule has 0 saturated carbocycles. The van der Waals surface area contributed by atoms with E-state index < -0.39 is 11.6 Å². The number of anilines is 1. The highest BCUT2D eigenvalue weighted by Gasteiger charge is 2.20. The zero-order valence-electron chi connectivity index (χ0n) is 13.9. The molecule has 26 heavy (non-hydrogen) atoms. The maximum atomic E-state index is 12.4. The molecule has 8 nitrogen and oxygen atoms in total. The van der Waals surface area contributed by atoms with Crippen molar-refractivity contribution >= 4 is 22.9 Å². The molecular weight excluding hydrogens is 332 g/mol. The Labute approximate surface area is 147 Å². The van der Waals surface area contributed by atoms with E-state index in [1.807, 2.05) is 66.1 Å². The van der Waals surface area contributed by atoms with Crippen LogP contribution in [0.2, 0.25) is 0 Å². The van der Waals surface area contributed by atoms with Crippen molar-refractivity contribution in [3.63, 3.8) is 0 Å². The third-order valence-corrected chi connectivity index (χ3v) is 4.21. The van der Waals surface area contributed by atoms with E-state index in [2.05, 4.69) is 25.5 Å². The van der Waals surface area contributed by atoms with Gasteiger partial charge < -0.3 is 4.57 Å². The summed E-state index contributed by atoms with van der Waals surface area (Å²) >= 11 is 0. The number of para-hydroxylation sites is 2. The van der Waals surface area contributed by atoms with Gasteiger partial charge in [-0.05, 0) is 24.6 Å². The van der Waals surface area contributed by atoms with Crippen LogP contribution in [-0.4, -0.2) is 30.6 Å². The molecule has 0 fully saturated rings. The predicted molar refractivity (Wildman–Crippen MR) is 97.1 cm³/mol. The molecule has 4 aromatic rings. The fourth-order valence-electron chi connectivity index (χ4n) is 2.94. The standard InChI is InChI=1S/C18H16N6O2/c1-11(12-7-3-2-4-8-12)24-14-10-6-5-9-13(14)19-17(24)21-16(25)15-20-18(26)23-22-15/h2-11H,1H3,(H,19,21,25)(H2,20,22,23,26)/t11-/m1/s1. The highest BCUT2D eigenvalue weighted by Crippen LogP contribution is 2.28. The number of hydrogen-bond donors (Lipinski definition) is 3. The number of hydrogen-bond acceptors (Lipinski definition) is 4. The summed E-state index contributed by atoms with van der Waals surface area (Å²) < 4.78 is 1.95. The molecular formula is C18H16N6O2. The van der Waals surface area contributed by atoms with Gasteiger partial charge in [-0.3, -0.25) is 15.1 Å². The Balaban J connectivity index is 1.79. The molecule has 3 N–H and O–H groups in total. The number of H-pyrrole nitrogens is 2. The van der Waals surface area contributed by atoms with Crippen LogP contribution in [0.25, 0.3) is 11.0 Å². The number of imidazole rings is 1. The van der Waals surface area contributed by atoms with E-state index in [1.54, 1.807) is 0 Å². The summed E-state index contributed by atoms with van der Waals surface area (Å²) in [7, 11) is 0. The number of carbonyl (C=O) groups is 1. The van der Waals surface area contributed by atoms with E-state index in [0.717, 1.165) is 16.6 Å². The number of amides is 1. The van der Waals surface area contributed by atoms with Crippen LogP contribution in [0.15, 0.2) is 59.4 Å². The van der Waals surface area contributed by atoms with Crippen molar-refractivity contribution in [2.24, 2.45) is 0 Å². The first-order valence-electron chi connectivity index (χ1n) is 8.11. The molecule has 0 saturated heterocycles. The fraction of sp³-hybridized carbons (Fsp3) is 0.111. The molecule has 4 rings (SSSR count). The third-order valence-electron chi connectivity index (χ3n) is 4.21. The Morgan fingerprint density at radius 1 is 1.12 bits per heavy atom. The van der Waals surface area contributed by atoms with Crippen molar-refractivity contribution in [2.45, 2.75) is 13.0 Å². The molecule has 0 aliphatic rings. The molecule has 1 atom stereocenters. The van der Waals surface area contributed by atoms with Crippen molar-refractivity contribution in [2.75, 3.05) is 5.32 Å². The van der Waals surface area contributed by atoms with Gasteiger partial charge in [-0.2, -0.15) is 0 Å². The quantitative estimate of drug-likeness (QED) is 0.526. The molecule has 2 aromatic carbocycles. The van der Waals surface area contributed by atoms with Gasteiger partial charge in [-0.25, -0.2) is 14.9 Å². The van der Waals surface area contributed by atoms with Gasteiger partial charge in [0.25, 0.3) is 5.91 Å². The number of benzene rings is 2. The Hall–Kier alpha value is -3.68. The first-order valence-corrected chi connectivity index (χ1v) is 8.11. The molecule has 0 unspecified atom stereocenters. The summed E-state index contributed by atoms with van der Waals surface area (Å²) in [5.41, 5.74) is 2.21. The number of rotatable bonds is 4. The molecule has 0 radical (unpaired) electrons. The average Bonchev–Trinajstić information content (AvgIpc) is 3.25. The summed E-state index contributed by atoms with van der Waals surface area (Å²) in [5.74, 6) is -0.252. The highest BCUT2D eigenvalue weighted by molar-refractivity contribution is 6.01. The zero-order valence-corrected chi connectivity index (χ0v) is 13.9. The van der Waals surface area contributed by atoms with Gasteiger partial charge in [0.05, 0.1) is 17.1 Å². The van der Waals surface area contributed by atoms with Gasteiger partial charge in [0.15, 0.2) is 0 Å². The van der Waals surface area contributed by atoms with Crippen LogP contribution >= 0.6 is 0 Å². The minimum absolute atomic E-state index is 0.0582. The van der Waals surface area contributed by atoms with Crippen molar-refractivity contribution in [3.05, 3.63) is 76.5 Å². The predicted octanol–water partition coefficient (Wildman–Crippen LogP) is 2.31. The largest absolute Gasteiger partial charge is 0.341 e. The molecule has 0 bridgehead atoms. The minimum Gasteiger partial charge on any atom is -0.303 e. The number of aromatic nitrogens is 5. The average molecular weight is 348 g/mol. The van der Waals surface area contributed by atoms with Gasteiger partial charge in [0, 0.05) is 0 Å². The number of carbonyl (C=O) groups excluding carboxylic acids is 1. The molecule has 8 heteroatoms. The molecule has 0 aliphatic carbocycles. The first-order chi connectivity index (χ1) is 12.6. The van der Waals surface area contributed by atoms with Crippen LogP contribution in [0.3, 0.4) is 0 Å².